The predicted molar refractivity (Wildman–Crippen MR) is 134 cm³/mol. The number of benzene rings is 2. The molecule has 1 unspecified atom stereocenters. The fourth-order valence-corrected chi connectivity index (χ4v) is 4.51. The highest BCUT2D eigenvalue weighted by Crippen LogP contribution is 2.20. The van der Waals surface area contributed by atoms with Crippen molar-refractivity contribution >= 4 is 27.5 Å². The average Bonchev–Trinajstić information content (AvgIpc) is 2.80. The van der Waals surface area contributed by atoms with Gasteiger partial charge in [-0.25, -0.2) is 8.42 Å². The summed E-state index contributed by atoms with van der Waals surface area (Å²) in [6.07, 6.45) is 1.58. The molecule has 0 spiro atoms. The summed E-state index contributed by atoms with van der Waals surface area (Å²) in [6.45, 7) is 6.34. The third-order valence-electron chi connectivity index (χ3n) is 5.50. The van der Waals surface area contributed by atoms with Gasteiger partial charge in [-0.3, -0.25) is 13.9 Å². The van der Waals surface area contributed by atoms with Crippen molar-refractivity contribution in [2.24, 2.45) is 0 Å². The van der Waals surface area contributed by atoms with Crippen LogP contribution in [0.1, 0.15) is 37.8 Å². The molecule has 34 heavy (non-hydrogen) atoms. The smallest absolute Gasteiger partial charge is 0.242 e. The molecule has 2 rings (SSSR count). The molecule has 0 heterocycles. The van der Waals surface area contributed by atoms with E-state index in [9.17, 15) is 18.0 Å². The van der Waals surface area contributed by atoms with Gasteiger partial charge in [0.05, 0.1) is 19.1 Å². The Hall–Kier alpha value is -3.07. The Morgan fingerprint density at radius 2 is 1.68 bits per heavy atom. The summed E-state index contributed by atoms with van der Waals surface area (Å²) in [5.41, 5.74) is 2.45. The maximum atomic E-state index is 13.2. The first-order valence-electron chi connectivity index (χ1n) is 11.3. The van der Waals surface area contributed by atoms with Crippen molar-refractivity contribution in [1.29, 1.82) is 0 Å². The molecule has 2 aromatic rings. The Morgan fingerprint density at radius 1 is 1.06 bits per heavy atom. The van der Waals surface area contributed by atoms with Crippen molar-refractivity contribution in [1.82, 2.24) is 10.2 Å². The number of carbonyl (C=O) groups excluding carboxylic acids is 2. The molecular formula is C25H35N3O5S. The minimum atomic E-state index is -3.51. The summed E-state index contributed by atoms with van der Waals surface area (Å²) in [5.74, 6) is 0.254. The second-order valence-electron chi connectivity index (χ2n) is 8.21. The van der Waals surface area contributed by atoms with Crippen LogP contribution in [-0.2, 0) is 26.2 Å². The molecule has 0 aliphatic carbocycles. The van der Waals surface area contributed by atoms with Gasteiger partial charge in [0.1, 0.15) is 11.8 Å². The number of nitrogens with zero attached hydrogens (tertiary/aromatic N) is 2. The van der Waals surface area contributed by atoms with Crippen LogP contribution in [0, 0.1) is 6.92 Å². The zero-order chi connectivity index (χ0) is 25.3. The SMILES string of the molecule is CCNC(=O)C(C)N(Cc1ccc(OC)cc1)C(=O)CCCN(c1ccc(C)cc1)S(C)(=O)=O. The van der Waals surface area contributed by atoms with Gasteiger partial charge in [-0.2, -0.15) is 0 Å². The second kappa shape index (κ2) is 12.4. The van der Waals surface area contributed by atoms with Gasteiger partial charge in [-0.05, 0) is 57.0 Å². The van der Waals surface area contributed by atoms with E-state index in [2.05, 4.69) is 5.32 Å². The maximum Gasteiger partial charge on any atom is 0.242 e. The standard InChI is InChI=1S/C25H35N3O5S/c1-6-26-25(30)20(3)27(18-21-11-15-23(33-4)16-12-21)24(29)8-7-17-28(34(5,31)32)22-13-9-19(2)10-14-22/h9-16,20H,6-8,17-18H2,1-5H3,(H,26,30). The zero-order valence-electron chi connectivity index (χ0n) is 20.6. The summed E-state index contributed by atoms with van der Waals surface area (Å²) >= 11 is 0. The zero-order valence-corrected chi connectivity index (χ0v) is 21.4. The fourth-order valence-electron chi connectivity index (χ4n) is 3.55. The molecule has 0 aliphatic heterocycles. The molecule has 0 saturated carbocycles. The normalized spacial score (nSPS) is 12.0. The monoisotopic (exact) mass is 489 g/mol. The molecule has 1 atom stereocenters. The van der Waals surface area contributed by atoms with Crippen LogP contribution in [0.3, 0.4) is 0 Å². The van der Waals surface area contributed by atoms with E-state index < -0.39 is 16.1 Å². The fraction of sp³-hybridized carbons (Fsp3) is 0.440. The number of ether oxygens (including phenoxy) is 1. The topological polar surface area (TPSA) is 96.0 Å². The lowest BCUT2D eigenvalue weighted by molar-refractivity contribution is -0.140. The van der Waals surface area contributed by atoms with Crippen LogP contribution in [0.5, 0.6) is 5.75 Å². The molecule has 2 aromatic carbocycles. The summed E-state index contributed by atoms with van der Waals surface area (Å²) in [4.78, 5) is 27.2. The molecule has 0 bridgehead atoms. The summed E-state index contributed by atoms with van der Waals surface area (Å²) in [6, 6.07) is 13.9. The number of nitrogens with one attached hydrogen (secondary N) is 1. The first-order valence-corrected chi connectivity index (χ1v) is 13.2. The molecule has 0 aliphatic rings. The number of hydrogen-bond acceptors (Lipinski definition) is 5. The molecule has 186 valence electrons. The van der Waals surface area contributed by atoms with E-state index >= 15 is 0 Å². The minimum absolute atomic E-state index is 0.109. The largest absolute Gasteiger partial charge is 0.497 e. The van der Waals surface area contributed by atoms with Gasteiger partial charge in [0.2, 0.25) is 21.8 Å². The molecule has 8 nitrogen and oxygen atoms in total. The van der Waals surface area contributed by atoms with Gasteiger partial charge in [-0.1, -0.05) is 29.8 Å². The van der Waals surface area contributed by atoms with Crippen LogP contribution >= 0.6 is 0 Å². The number of amides is 2. The third kappa shape index (κ3) is 7.76. The van der Waals surface area contributed by atoms with Gasteiger partial charge in [-0.15, -0.1) is 0 Å². The van der Waals surface area contributed by atoms with E-state index in [0.717, 1.165) is 17.4 Å². The van der Waals surface area contributed by atoms with Crippen molar-refractivity contribution in [3.63, 3.8) is 0 Å². The number of likely N-dealkylation sites (N-methyl/N-ethyl adjacent to an activating group) is 1. The Kier molecular flexibility index (Phi) is 9.92. The van der Waals surface area contributed by atoms with Gasteiger partial charge in [0, 0.05) is 26.1 Å². The molecular weight excluding hydrogens is 454 g/mol. The van der Waals surface area contributed by atoms with Crippen molar-refractivity contribution in [2.45, 2.75) is 46.2 Å². The van der Waals surface area contributed by atoms with E-state index in [1.165, 1.54) is 9.21 Å². The van der Waals surface area contributed by atoms with E-state index in [-0.39, 0.29) is 31.3 Å². The molecule has 0 fully saturated rings. The van der Waals surface area contributed by atoms with Gasteiger partial charge >= 0.3 is 0 Å². The molecule has 2 amide bonds. The molecule has 0 radical (unpaired) electrons. The lowest BCUT2D eigenvalue weighted by atomic mass is 10.1. The third-order valence-corrected chi connectivity index (χ3v) is 6.70. The number of rotatable bonds is 12. The highest BCUT2D eigenvalue weighted by molar-refractivity contribution is 7.92. The Labute approximate surface area is 202 Å². The lowest BCUT2D eigenvalue weighted by Crippen LogP contribution is -2.47. The van der Waals surface area contributed by atoms with Crippen LogP contribution in [0.4, 0.5) is 5.69 Å². The van der Waals surface area contributed by atoms with Gasteiger partial charge < -0.3 is 15.0 Å². The number of anilines is 1. The highest BCUT2D eigenvalue weighted by Gasteiger charge is 2.26. The highest BCUT2D eigenvalue weighted by atomic mass is 32.2. The van der Waals surface area contributed by atoms with Gasteiger partial charge in [0.15, 0.2) is 0 Å². The lowest BCUT2D eigenvalue weighted by Gasteiger charge is -2.29. The van der Waals surface area contributed by atoms with Crippen molar-refractivity contribution in [2.75, 3.05) is 30.8 Å². The van der Waals surface area contributed by atoms with E-state index in [4.69, 9.17) is 4.74 Å². The summed E-state index contributed by atoms with van der Waals surface area (Å²) in [7, 11) is -1.93. The number of sulfonamides is 1. The Balaban J connectivity index is 2.14. The molecule has 9 heteroatoms. The first-order chi connectivity index (χ1) is 16.1. The van der Waals surface area contributed by atoms with E-state index in [0.29, 0.717) is 24.4 Å². The number of hydrogen-bond donors (Lipinski definition) is 1. The second-order valence-corrected chi connectivity index (χ2v) is 10.1. The van der Waals surface area contributed by atoms with E-state index in [1.54, 1.807) is 38.3 Å². The predicted octanol–water partition coefficient (Wildman–Crippen LogP) is 3.10. The van der Waals surface area contributed by atoms with Crippen LogP contribution in [-0.4, -0.2) is 57.6 Å². The van der Waals surface area contributed by atoms with E-state index in [1.807, 2.05) is 38.1 Å². The molecule has 1 N–H and O–H groups in total. The maximum absolute atomic E-state index is 13.2. The number of aryl methyl sites for hydroxylation is 1. The van der Waals surface area contributed by atoms with Crippen LogP contribution in [0.25, 0.3) is 0 Å². The molecule has 0 saturated heterocycles. The Morgan fingerprint density at radius 3 is 2.21 bits per heavy atom. The quantitative estimate of drug-likeness (QED) is 0.494. The first kappa shape index (κ1) is 27.2. The minimum Gasteiger partial charge on any atom is -0.497 e. The van der Waals surface area contributed by atoms with Crippen molar-refractivity contribution < 1.29 is 22.7 Å². The Bertz CT molecular complexity index is 1050. The van der Waals surface area contributed by atoms with Crippen LogP contribution in [0.15, 0.2) is 48.5 Å². The average molecular weight is 490 g/mol. The number of methoxy groups -OCH3 is 1. The van der Waals surface area contributed by atoms with Crippen LogP contribution in [0.2, 0.25) is 0 Å². The van der Waals surface area contributed by atoms with Crippen molar-refractivity contribution in [3.8, 4) is 5.75 Å². The molecule has 0 aromatic heterocycles. The summed E-state index contributed by atoms with van der Waals surface area (Å²) < 4.78 is 31.2. The van der Waals surface area contributed by atoms with Crippen LogP contribution < -0.4 is 14.4 Å². The van der Waals surface area contributed by atoms with Gasteiger partial charge in [0.25, 0.3) is 0 Å². The summed E-state index contributed by atoms with van der Waals surface area (Å²) in [5, 5.41) is 2.76. The number of carbonyl (C=O) groups is 2. The van der Waals surface area contributed by atoms with Crippen molar-refractivity contribution in [3.05, 3.63) is 59.7 Å².